The van der Waals surface area contributed by atoms with Gasteiger partial charge in [0.2, 0.25) is 11.8 Å². The molecule has 0 aliphatic carbocycles. The molecule has 0 radical (unpaired) electrons. The Morgan fingerprint density at radius 2 is 2.08 bits per heavy atom. The minimum atomic E-state index is -0.565. The Morgan fingerprint density at radius 1 is 1.29 bits per heavy atom. The summed E-state index contributed by atoms with van der Waals surface area (Å²) in [5, 5.41) is 12.0. The van der Waals surface area contributed by atoms with E-state index in [0.29, 0.717) is 11.4 Å². The van der Waals surface area contributed by atoms with E-state index in [0.717, 1.165) is 0 Å². The van der Waals surface area contributed by atoms with Gasteiger partial charge in [0.1, 0.15) is 11.6 Å². The number of nitrogens with one attached hydrogen (secondary N) is 1. The van der Waals surface area contributed by atoms with Crippen molar-refractivity contribution < 1.29 is 19.1 Å². The van der Waals surface area contributed by atoms with E-state index in [2.05, 4.69) is 5.32 Å². The van der Waals surface area contributed by atoms with Gasteiger partial charge in [-0.1, -0.05) is 17.7 Å². The lowest BCUT2D eigenvalue weighted by molar-refractivity contribution is -0.122. The number of phenols is 1. The highest BCUT2D eigenvalue weighted by atomic mass is 35.5. The highest BCUT2D eigenvalue weighted by Gasteiger charge is 2.35. The Balaban J connectivity index is 1.72. The number of amides is 2. The Bertz CT molecular complexity index is 812. The number of carbonyl (C=O) groups is 2. The third-order valence-corrected chi connectivity index (χ3v) is 4.11. The molecule has 124 valence electrons. The van der Waals surface area contributed by atoms with Crippen LogP contribution >= 0.6 is 11.6 Å². The number of halogens is 2. The number of nitrogens with zero attached hydrogens (tertiary/aromatic N) is 1. The van der Waals surface area contributed by atoms with Crippen molar-refractivity contribution in [1.82, 2.24) is 0 Å². The number of hydrogen-bond donors (Lipinski definition) is 2. The van der Waals surface area contributed by atoms with Crippen LogP contribution in [0.2, 0.25) is 5.02 Å². The van der Waals surface area contributed by atoms with E-state index in [1.54, 1.807) is 12.1 Å². The van der Waals surface area contributed by atoms with Crippen LogP contribution in [0.4, 0.5) is 15.8 Å². The van der Waals surface area contributed by atoms with Crippen LogP contribution in [-0.4, -0.2) is 23.5 Å². The van der Waals surface area contributed by atoms with Crippen molar-refractivity contribution >= 4 is 34.8 Å². The van der Waals surface area contributed by atoms with Crippen LogP contribution in [0.3, 0.4) is 0 Å². The maximum atomic E-state index is 13.2. The Labute approximate surface area is 142 Å². The van der Waals surface area contributed by atoms with Crippen molar-refractivity contribution in [3.63, 3.8) is 0 Å². The average Bonchev–Trinajstić information content (AvgIpc) is 2.92. The molecule has 7 heteroatoms. The third-order valence-electron chi connectivity index (χ3n) is 3.82. The normalized spacial score (nSPS) is 17.2. The van der Waals surface area contributed by atoms with Gasteiger partial charge in [0.25, 0.3) is 0 Å². The first-order chi connectivity index (χ1) is 11.4. The zero-order chi connectivity index (χ0) is 17.3. The molecule has 1 atom stereocenters. The van der Waals surface area contributed by atoms with Crippen LogP contribution in [0.5, 0.6) is 5.75 Å². The van der Waals surface area contributed by atoms with Crippen molar-refractivity contribution in [3.8, 4) is 5.75 Å². The zero-order valence-corrected chi connectivity index (χ0v) is 13.3. The lowest BCUT2D eigenvalue weighted by Gasteiger charge is -2.17. The van der Waals surface area contributed by atoms with E-state index >= 15 is 0 Å². The third kappa shape index (κ3) is 3.33. The second-order valence-electron chi connectivity index (χ2n) is 5.54. The van der Waals surface area contributed by atoms with Gasteiger partial charge in [0.05, 0.1) is 10.9 Å². The summed E-state index contributed by atoms with van der Waals surface area (Å²) >= 11 is 5.75. The molecular weight excluding hydrogens is 335 g/mol. The van der Waals surface area contributed by atoms with Gasteiger partial charge in [-0.25, -0.2) is 4.39 Å². The van der Waals surface area contributed by atoms with Crippen LogP contribution in [-0.2, 0) is 9.59 Å². The molecule has 0 saturated carbocycles. The molecule has 0 aromatic heterocycles. The van der Waals surface area contributed by atoms with E-state index < -0.39 is 11.7 Å². The molecule has 0 bridgehead atoms. The lowest BCUT2D eigenvalue weighted by Crippen LogP contribution is -2.28. The number of phenolic OH excluding ortho intramolecular Hbond substituents is 1. The highest BCUT2D eigenvalue weighted by Crippen LogP contribution is 2.29. The second kappa shape index (κ2) is 6.49. The number of aromatic hydroxyl groups is 1. The van der Waals surface area contributed by atoms with Crippen molar-refractivity contribution in [2.75, 3.05) is 16.8 Å². The van der Waals surface area contributed by atoms with Crippen LogP contribution in [0.1, 0.15) is 6.42 Å². The summed E-state index contributed by atoms with van der Waals surface area (Å²) in [4.78, 5) is 25.9. The van der Waals surface area contributed by atoms with Gasteiger partial charge < -0.3 is 15.3 Å². The van der Waals surface area contributed by atoms with Crippen molar-refractivity contribution in [2.24, 2.45) is 5.92 Å². The predicted octanol–water partition coefficient (Wildman–Crippen LogP) is 3.18. The van der Waals surface area contributed by atoms with E-state index in [9.17, 15) is 19.1 Å². The van der Waals surface area contributed by atoms with Crippen LogP contribution in [0.25, 0.3) is 0 Å². The summed E-state index contributed by atoms with van der Waals surface area (Å²) in [7, 11) is 0. The van der Waals surface area contributed by atoms with Crippen molar-refractivity contribution in [2.45, 2.75) is 6.42 Å². The van der Waals surface area contributed by atoms with E-state index in [1.807, 2.05) is 0 Å². The first kappa shape index (κ1) is 16.3. The number of hydrogen-bond acceptors (Lipinski definition) is 3. The number of rotatable bonds is 3. The monoisotopic (exact) mass is 348 g/mol. The van der Waals surface area contributed by atoms with E-state index in [-0.39, 0.29) is 35.6 Å². The molecule has 1 unspecified atom stereocenters. The number of anilines is 2. The van der Waals surface area contributed by atoms with Crippen molar-refractivity contribution in [1.29, 1.82) is 0 Å². The summed E-state index contributed by atoms with van der Waals surface area (Å²) in [5.74, 6) is -1.61. The van der Waals surface area contributed by atoms with Gasteiger partial charge in [-0.2, -0.15) is 0 Å². The SMILES string of the molecule is O=C(Nc1cccc(O)c1)C1CC(=O)N(c2ccc(F)c(Cl)c2)C1. The first-order valence-electron chi connectivity index (χ1n) is 7.29. The maximum absolute atomic E-state index is 13.2. The quantitative estimate of drug-likeness (QED) is 0.895. The molecule has 1 aliphatic rings. The fourth-order valence-electron chi connectivity index (χ4n) is 2.61. The van der Waals surface area contributed by atoms with Gasteiger partial charge in [0, 0.05) is 30.4 Å². The average molecular weight is 349 g/mol. The van der Waals surface area contributed by atoms with Gasteiger partial charge in [-0.15, -0.1) is 0 Å². The first-order valence-corrected chi connectivity index (χ1v) is 7.67. The summed E-state index contributed by atoms with van der Waals surface area (Å²) in [6.45, 7) is 0.186. The standard InChI is InChI=1S/C17H14ClFN2O3/c18-14-8-12(4-5-15(14)19)21-9-10(6-16(21)23)17(24)20-11-2-1-3-13(22)7-11/h1-5,7-8,10,22H,6,9H2,(H,20,24). The maximum Gasteiger partial charge on any atom is 0.229 e. The molecule has 24 heavy (non-hydrogen) atoms. The van der Waals surface area contributed by atoms with Gasteiger partial charge >= 0.3 is 0 Å². The van der Waals surface area contributed by atoms with Gasteiger partial charge in [0.15, 0.2) is 0 Å². The molecule has 1 heterocycles. The molecule has 1 fully saturated rings. The fourth-order valence-corrected chi connectivity index (χ4v) is 2.79. The topological polar surface area (TPSA) is 69.6 Å². The zero-order valence-electron chi connectivity index (χ0n) is 12.5. The smallest absolute Gasteiger partial charge is 0.229 e. The lowest BCUT2D eigenvalue weighted by atomic mass is 10.1. The largest absolute Gasteiger partial charge is 0.508 e. The van der Waals surface area contributed by atoms with Crippen LogP contribution < -0.4 is 10.2 Å². The minimum Gasteiger partial charge on any atom is -0.508 e. The summed E-state index contributed by atoms with van der Waals surface area (Å²) in [6, 6.07) is 10.2. The molecule has 2 aromatic carbocycles. The molecule has 0 spiro atoms. The summed E-state index contributed by atoms with van der Waals surface area (Å²) < 4.78 is 13.2. The van der Waals surface area contributed by atoms with Gasteiger partial charge in [-0.3, -0.25) is 9.59 Å². The Morgan fingerprint density at radius 3 is 2.79 bits per heavy atom. The molecule has 3 rings (SSSR count). The van der Waals surface area contributed by atoms with E-state index in [1.165, 1.54) is 35.2 Å². The van der Waals surface area contributed by atoms with Gasteiger partial charge in [-0.05, 0) is 30.3 Å². The highest BCUT2D eigenvalue weighted by molar-refractivity contribution is 6.31. The molecule has 2 aromatic rings. The van der Waals surface area contributed by atoms with Crippen LogP contribution in [0, 0.1) is 11.7 Å². The van der Waals surface area contributed by atoms with E-state index in [4.69, 9.17) is 11.6 Å². The molecule has 5 nitrogen and oxygen atoms in total. The molecular formula is C17H14ClFN2O3. The molecule has 1 saturated heterocycles. The molecule has 2 amide bonds. The Kier molecular flexibility index (Phi) is 4.40. The van der Waals surface area contributed by atoms with Crippen molar-refractivity contribution in [3.05, 3.63) is 53.3 Å². The molecule has 1 aliphatic heterocycles. The number of carbonyl (C=O) groups excluding carboxylic acids is 2. The predicted molar refractivity (Wildman–Crippen MR) is 88.6 cm³/mol. The molecule has 2 N–H and O–H groups in total. The van der Waals surface area contributed by atoms with Crippen LogP contribution in [0.15, 0.2) is 42.5 Å². The summed E-state index contributed by atoms with van der Waals surface area (Å²) in [6.07, 6.45) is 0.0552. The fraction of sp³-hybridized carbons (Fsp3) is 0.176. The number of benzene rings is 2. The summed E-state index contributed by atoms with van der Waals surface area (Å²) in [5.41, 5.74) is 0.912. The minimum absolute atomic E-state index is 0.0397. The second-order valence-corrected chi connectivity index (χ2v) is 5.95. The Hall–Kier alpha value is -2.60.